The molecule has 1 fully saturated rings. The predicted octanol–water partition coefficient (Wildman–Crippen LogP) is 1.12. The lowest BCUT2D eigenvalue weighted by atomic mass is 10.1. The average molecular weight is 304 g/mol. The number of carbonyl (C=O) groups is 1. The molecule has 2 rings (SSSR count). The molecule has 0 radical (unpaired) electrons. The van der Waals surface area contributed by atoms with Crippen molar-refractivity contribution in [1.82, 2.24) is 9.55 Å². The number of hydrogen-bond donors (Lipinski definition) is 1. The van der Waals surface area contributed by atoms with Crippen molar-refractivity contribution in [1.29, 1.82) is 0 Å². The Morgan fingerprint density at radius 1 is 1.53 bits per heavy atom. The highest BCUT2D eigenvalue weighted by Crippen LogP contribution is 2.29. The van der Waals surface area contributed by atoms with Gasteiger partial charge in [-0.15, -0.1) is 0 Å². The second kappa shape index (κ2) is 5.54. The topological polar surface area (TPSA) is 89.3 Å². The molecule has 0 aliphatic carbocycles. The second-order valence-corrected chi connectivity index (χ2v) is 7.88. The van der Waals surface area contributed by atoms with Crippen molar-refractivity contribution in [2.75, 3.05) is 17.3 Å². The molecule has 0 aromatic carbocycles. The first-order valence-corrected chi connectivity index (χ1v) is 8.78. The lowest BCUT2D eigenvalue weighted by Gasteiger charge is -2.24. The van der Waals surface area contributed by atoms with Gasteiger partial charge in [0.1, 0.15) is 9.84 Å². The highest BCUT2D eigenvalue weighted by atomic mass is 32.2. The van der Waals surface area contributed by atoms with Crippen molar-refractivity contribution in [3.8, 4) is 0 Å². The van der Waals surface area contributed by atoms with Gasteiger partial charge in [0.2, 0.25) is 0 Å². The Morgan fingerprint density at radius 2 is 2.16 bits per heavy atom. The van der Waals surface area contributed by atoms with Crippen molar-refractivity contribution in [2.24, 2.45) is 0 Å². The van der Waals surface area contributed by atoms with Crippen LogP contribution in [0.15, 0.2) is 11.4 Å². The monoisotopic (exact) mass is 304 g/mol. The number of nitrogens with zero attached hydrogens (tertiary/aromatic N) is 2. The van der Waals surface area contributed by atoms with Crippen LogP contribution in [-0.2, 0) is 14.6 Å². The van der Waals surface area contributed by atoms with E-state index in [0.29, 0.717) is 18.0 Å². The second-order valence-electron chi connectivity index (χ2n) is 4.64. The number of aryl methyl sites for hydroxylation is 1. The third-order valence-electron chi connectivity index (χ3n) is 3.06. The van der Waals surface area contributed by atoms with Crippen molar-refractivity contribution >= 4 is 27.6 Å². The first-order chi connectivity index (χ1) is 8.87. The van der Waals surface area contributed by atoms with Gasteiger partial charge >= 0.3 is 5.97 Å². The molecule has 0 amide bonds. The zero-order valence-electron chi connectivity index (χ0n) is 10.6. The largest absolute Gasteiger partial charge is 0.481 e. The normalized spacial score (nSPS) is 19.4. The van der Waals surface area contributed by atoms with Crippen LogP contribution in [0.5, 0.6) is 0 Å². The third kappa shape index (κ3) is 3.73. The lowest BCUT2D eigenvalue weighted by Crippen LogP contribution is -2.25. The molecule has 8 heteroatoms. The van der Waals surface area contributed by atoms with E-state index >= 15 is 0 Å². The Kier molecular flexibility index (Phi) is 4.19. The van der Waals surface area contributed by atoms with Crippen molar-refractivity contribution in [3.05, 3.63) is 11.9 Å². The summed E-state index contributed by atoms with van der Waals surface area (Å²) in [6.07, 6.45) is 3.00. The Balaban J connectivity index is 2.13. The number of imidazole rings is 1. The number of aromatic nitrogens is 2. The third-order valence-corrected chi connectivity index (χ3v) is 5.73. The Labute approximate surface area is 116 Å². The van der Waals surface area contributed by atoms with Crippen LogP contribution in [-0.4, -0.2) is 46.3 Å². The van der Waals surface area contributed by atoms with E-state index in [1.54, 1.807) is 0 Å². The number of thioether (sulfide) groups is 1. The maximum absolute atomic E-state index is 11.4. The Morgan fingerprint density at radius 3 is 2.74 bits per heavy atom. The SMILES string of the molecule is Cc1cn(C2CCS(=O)(=O)CC2)c(SCC(=O)O)n1. The standard InChI is InChI=1S/C11H16N2O4S2/c1-8-6-13(11(12-8)18-7-10(14)15)9-2-4-19(16,17)5-3-9/h6,9H,2-5,7H2,1H3,(H,14,15). The molecular formula is C11H16N2O4S2. The molecule has 2 heterocycles. The summed E-state index contributed by atoms with van der Waals surface area (Å²) in [5.41, 5.74) is 0.821. The number of aliphatic carboxylic acids is 1. The minimum atomic E-state index is -2.89. The van der Waals surface area contributed by atoms with E-state index in [1.165, 1.54) is 11.8 Å². The molecule has 0 saturated carbocycles. The van der Waals surface area contributed by atoms with Crippen LogP contribution in [0.1, 0.15) is 24.6 Å². The van der Waals surface area contributed by atoms with Crippen LogP contribution in [0.2, 0.25) is 0 Å². The zero-order chi connectivity index (χ0) is 14.0. The van der Waals surface area contributed by atoms with Gasteiger partial charge in [0.15, 0.2) is 5.16 Å². The highest BCUT2D eigenvalue weighted by molar-refractivity contribution is 7.99. The lowest BCUT2D eigenvalue weighted by molar-refractivity contribution is -0.133. The number of carboxylic acid groups (broad SMARTS) is 1. The summed E-state index contributed by atoms with van der Waals surface area (Å²) in [6, 6.07) is 0.0982. The fourth-order valence-electron chi connectivity index (χ4n) is 2.14. The summed E-state index contributed by atoms with van der Waals surface area (Å²) in [4.78, 5) is 14.9. The van der Waals surface area contributed by atoms with Crippen LogP contribution < -0.4 is 0 Å². The fourth-order valence-corrected chi connectivity index (χ4v) is 4.42. The van der Waals surface area contributed by atoms with Crippen molar-refractivity contribution in [3.63, 3.8) is 0 Å². The van der Waals surface area contributed by atoms with Gasteiger partial charge in [-0.1, -0.05) is 11.8 Å². The molecule has 0 spiro atoms. The molecule has 0 unspecified atom stereocenters. The molecule has 1 aliphatic heterocycles. The molecule has 1 aromatic heterocycles. The summed E-state index contributed by atoms with van der Waals surface area (Å²) in [5, 5.41) is 9.37. The maximum Gasteiger partial charge on any atom is 0.313 e. The molecule has 1 aliphatic rings. The molecule has 106 valence electrons. The van der Waals surface area contributed by atoms with Gasteiger partial charge in [-0.2, -0.15) is 0 Å². The predicted molar refractivity (Wildman–Crippen MR) is 72.2 cm³/mol. The number of hydrogen-bond acceptors (Lipinski definition) is 5. The molecule has 1 N–H and O–H groups in total. The smallest absolute Gasteiger partial charge is 0.313 e. The van der Waals surface area contributed by atoms with Gasteiger partial charge in [0.25, 0.3) is 0 Å². The van der Waals surface area contributed by atoms with E-state index in [9.17, 15) is 13.2 Å². The minimum Gasteiger partial charge on any atom is -0.481 e. The van der Waals surface area contributed by atoms with Gasteiger partial charge < -0.3 is 9.67 Å². The van der Waals surface area contributed by atoms with Crippen LogP contribution in [0.3, 0.4) is 0 Å². The van der Waals surface area contributed by atoms with Gasteiger partial charge in [0, 0.05) is 12.2 Å². The molecular weight excluding hydrogens is 288 g/mol. The molecule has 0 bridgehead atoms. The molecule has 0 atom stereocenters. The van der Waals surface area contributed by atoms with Gasteiger partial charge in [-0.3, -0.25) is 4.79 Å². The quantitative estimate of drug-likeness (QED) is 0.838. The first-order valence-electron chi connectivity index (χ1n) is 5.98. The summed E-state index contributed by atoms with van der Waals surface area (Å²) < 4.78 is 24.8. The number of sulfone groups is 1. The van der Waals surface area contributed by atoms with Gasteiger partial charge in [-0.25, -0.2) is 13.4 Å². The number of rotatable bonds is 4. The van der Waals surface area contributed by atoms with Crippen molar-refractivity contribution < 1.29 is 18.3 Å². The Hall–Kier alpha value is -1.02. The van der Waals surface area contributed by atoms with Crippen LogP contribution in [0, 0.1) is 6.92 Å². The summed E-state index contributed by atoms with van der Waals surface area (Å²) in [5.74, 6) is -0.541. The number of carboxylic acids is 1. The molecule has 1 saturated heterocycles. The summed E-state index contributed by atoms with van der Waals surface area (Å²) >= 11 is 1.17. The maximum atomic E-state index is 11.4. The molecule has 19 heavy (non-hydrogen) atoms. The minimum absolute atomic E-state index is 0.0402. The van der Waals surface area contributed by atoms with E-state index < -0.39 is 15.8 Å². The summed E-state index contributed by atoms with van der Waals surface area (Å²) in [6.45, 7) is 1.85. The van der Waals surface area contributed by atoms with E-state index in [0.717, 1.165) is 5.69 Å². The average Bonchev–Trinajstić information content (AvgIpc) is 2.68. The van der Waals surface area contributed by atoms with Gasteiger partial charge in [0.05, 0.1) is 23.0 Å². The summed E-state index contributed by atoms with van der Waals surface area (Å²) in [7, 11) is -2.89. The Bertz CT molecular complexity index is 566. The van der Waals surface area contributed by atoms with Crippen LogP contribution >= 0.6 is 11.8 Å². The fraction of sp³-hybridized carbons (Fsp3) is 0.636. The van der Waals surface area contributed by atoms with E-state index in [4.69, 9.17) is 5.11 Å². The van der Waals surface area contributed by atoms with E-state index in [2.05, 4.69) is 4.98 Å². The zero-order valence-corrected chi connectivity index (χ0v) is 12.2. The van der Waals surface area contributed by atoms with Gasteiger partial charge in [-0.05, 0) is 19.8 Å². The molecule has 1 aromatic rings. The molecule has 6 nitrogen and oxygen atoms in total. The first kappa shape index (κ1) is 14.4. The van der Waals surface area contributed by atoms with E-state index in [-0.39, 0.29) is 23.3 Å². The highest BCUT2D eigenvalue weighted by Gasteiger charge is 2.26. The van der Waals surface area contributed by atoms with E-state index in [1.807, 2.05) is 17.7 Å². The van der Waals surface area contributed by atoms with Crippen LogP contribution in [0.25, 0.3) is 0 Å². The van der Waals surface area contributed by atoms with Crippen molar-refractivity contribution in [2.45, 2.75) is 31.0 Å². The van der Waals surface area contributed by atoms with Crippen LogP contribution in [0.4, 0.5) is 0 Å².